The molecule has 1 atom stereocenters. The summed E-state index contributed by atoms with van der Waals surface area (Å²) in [6, 6.07) is 10.4. The highest BCUT2D eigenvalue weighted by atomic mass is 15.1. The molecule has 18 heavy (non-hydrogen) atoms. The lowest BCUT2D eigenvalue weighted by Gasteiger charge is -2.08. The van der Waals surface area contributed by atoms with Crippen molar-refractivity contribution >= 4 is 0 Å². The monoisotopic (exact) mass is 241 g/mol. The average molecular weight is 241 g/mol. The SMILES string of the molecule is CC.CC(CC#N)c1cccc(-c2cn[nH]c2)c1. The van der Waals surface area contributed by atoms with Gasteiger partial charge in [-0.25, -0.2) is 0 Å². The molecule has 0 bridgehead atoms. The van der Waals surface area contributed by atoms with Crippen molar-refractivity contribution in [2.45, 2.75) is 33.1 Å². The first kappa shape index (κ1) is 14.0. The van der Waals surface area contributed by atoms with Crippen molar-refractivity contribution in [2.75, 3.05) is 0 Å². The standard InChI is InChI=1S/C13H13N3.C2H6/c1-10(5-6-14)11-3-2-4-12(7-11)13-8-15-16-9-13;1-2/h2-4,7-10H,5H2,1H3,(H,15,16);1-2H3. The molecule has 3 nitrogen and oxygen atoms in total. The first-order valence-electron chi connectivity index (χ1n) is 6.27. The Kier molecular flexibility index (Phi) is 5.66. The number of nitrogens with zero attached hydrogens (tertiary/aromatic N) is 2. The van der Waals surface area contributed by atoms with Crippen molar-refractivity contribution < 1.29 is 0 Å². The predicted molar refractivity (Wildman–Crippen MR) is 74.0 cm³/mol. The first-order chi connectivity index (χ1) is 8.81. The van der Waals surface area contributed by atoms with Crippen molar-refractivity contribution in [3.63, 3.8) is 0 Å². The van der Waals surface area contributed by atoms with Gasteiger partial charge in [-0.15, -0.1) is 0 Å². The van der Waals surface area contributed by atoms with E-state index in [0.29, 0.717) is 6.42 Å². The van der Waals surface area contributed by atoms with Gasteiger partial charge in [-0.1, -0.05) is 45.0 Å². The average Bonchev–Trinajstić information content (AvgIpc) is 2.95. The molecule has 2 rings (SSSR count). The molecule has 0 aliphatic heterocycles. The smallest absolute Gasteiger partial charge is 0.0628 e. The summed E-state index contributed by atoms with van der Waals surface area (Å²) < 4.78 is 0. The van der Waals surface area contributed by atoms with E-state index in [1.807, 2.05) is 32.2 Å². The van der Waals surface area contributed by atoms with E-state index in [1.54, 1.807) is 6.20 Å². The number of rotatable bonds is 3. The minimum Gasteiger partial charge on any atom is -0.285 e. The molecule has 1 unspecified atom stereocenters. The van der Waals surface area contributed by atoms with Crippen LogP contribution in [0.2, 0.25) is 0 Å². The molecule has 0 saturated heterocycles. The fraction of sp³-hybridized carbons (Fsp3) is 0.333. The molecule has 0 fully saturated rings. The molecule has 1 aromatic heterocycles. The molecule has 0 aliphatic carbocycles. The predicted octanol–water partition coefficient (Wildman–Crippen LogP) is 4.12. The molecule has 0 radical (unpaired) electrons. The number of H-pyrrole nitrogens is 1. The fourth-order valence-electron chi connectivity index (χ4n) is 1.69. The summed E-state index contributed by atoms with van der Waals surface area (Å²) in [5, 5.41) is 15.4. The minimum atomic E-state index is 0.275. The number of benzene rings is 1. The number of nitrogens with one attached hydrogen (secondary N) is 1. The Morgan fingerprint density at radius 3 is 2.72 bits per heavy atom. The van der Waals surface area contributed by atoms with Crippen LogP contribution in [0.1, 0.15) is 38.7 Å². The maximum Gasteiger partial charge on any atom is 0.0628 e. The fourth-order valence-corrected chi connectivity index (χ4v) is 1.69. The maximum atomic E-state index is 8.69. The van der Waals surface area contributed by atoms with Gasteiger partial charge in [0.1, 0.15) is 0 Å². The molecule has 0 aliphatic rings. The van der Waals surface area contributed by atoms with Crippen molar-refractivity contribution in [2.24, 2.45) is 0 Å². The van der Waals surface area contributed by atoms with Gasteiger partial charge in [-0.2, -0.15) is 10.4 Å². The molecule has 3 heteroatoms. The summed E-state index contributed by atoms with van der Waals surface area (Å²) in [5.41, 5.74) is 3.40. The van der Waals surface area contributed by atoms with Gasteiger partial charge in [-0.05, 0) is 17.0 Å². The summed E-state index contributed by atoms with van der Waals surface area (Å²) in [6.45, 7) is 6.07. The molecule has 0 spiro atoms. The van der Waals surface area contributed by atoms with Gasteiger partial charge < -0.3 is 0 Å². The summed E-state index contributed by atoms with van der Waals surface area (Å²) in [4.78, 5) is 0. The van der Waals surface area contributed by atoms with E-state index in [9.17, 15) is 0 Å². The third-order valence-electron chi connectivity index (χ3n) is 2.68. The topological polar surface area (TPSA) is 52.5 Å². The van der Waals surface area contributed by atoms with Crippen molar-refractivity contribution in [1.82, 2.24) is 10.2 Å². The zero-order valence-electron chi connectivity index (χ0n) is 11.1. The van der Waals surface area contributed by atoms with Crippen LogP contribution in [-0.2, 0) is 0 Å². The Labute approximate surface area is 108 Å². The molecule has 0 saturated carbocycles. The second kappa shape index (κ2) is 7.29. The zero-order chi connectivity index (χ0) is 13.4. The Morgan fingerprint density at radius 2 is 2.11 bits per heavy atom. The van der Waals surface area contributed by atoms with Gasteiger partial charge in [0.05, 0.1) is 12.3 Å². The second-order valence-electron chi connectivity index (χ2n) is 3.88. The van der Waals surface area contributed by atoms with Gasteiger partial charge in [0.15, 0.2) is 0 Å². The Bertz CT molecular complexity index is 495. The largest absolute Gasteiger partial charge is 0.285 e. The van der Waals surface area contributed by atoms with E-state index in [0.717, 1.165) is 11.1 Å². The van der Waals surface area contributed by atoms with Crippen LogP contribution in [0.4, 0.5) is 0 Å². The number of nitriles is 1. The minimum absolute atomic E-state index is 0.275. The number of aromatic amines is 1. The van der Waals surface area contributed by atoms with Gasteiger partial charge in [0.25, 0.3) is 0 Å². The van der Waals surface area contributed by atoms with Crippen molar-refractivity contribution in [3.05, 3.63) is 42.2 Å². The van der Waals surface area contributed by atoms with E-state index in [-0.39, 0.29) is 5.92 Å². The van der Waals surface area contributed by atoms with E-state index >= 15 is 0 Å². The third-order valence-corrected chi connectivity index (χ3v) is 2.68. The van der Waals surface area contributed by atoms with E-state index < -0.39 is 0 Å². The van der Waals surface area contributed by atoms with Crippen LogP contribution in [0.3, 0.4) is 0 Å². The van der Waals surface area contributed by atoms with Crippen LogP contribution < -0.4 is 0 Å². The van der Waals surface area contributed by atoms with Crippen LogP contribution in [0.25, 0.3) is 11.1 Å². The highest BCUT2D eigenvalue weighted by Gasteiger charge is 2.06. The van der Waals surface area contributed by atoms with Gasteiger partial charge in [-0.3, -0.25) is 5.10 Å². The van der Waals surface area contributed by atoms with Crippen LogP contribution in [0, 0.1) is 11.3 Å². The van der Waals surface area contributed by atoms with Crippen LogP contribution in [-0.4, -0.2) is 10.2 Å². The zero-order valence-corrected chi connectivity index (χ0v) is 11.1. The van der Waals surface area contributed by atoms with Gasteiger partial charge in [0, 0.05) is 18.2 Å². The number of aromatic nitrogens is 2. The van der Waals surface area contributed by atoms with Crippen molar-refractivity contribution in [3.8, 4) is 17.2 Å². The lowest BCUT2D eigenvalue weighted by molar-refractivity contribution is 0.789. The summed E-state index contributed by atoms with van der Waals surface area (Å²) >= 11 is 0. The highest BCUT2D eigenvalue weighted by molar-refractivity contribution is 5.62. The quantitative estimate of drug-likeness (QED) is 0.878. The molecular weight excluding hydrogens is 222 g/mol. The highest BCUT2D eigenvalue weighted by Crippen LogP contribution is 2.24. The maximum absolute atomic E-state index is 8.69. The van der Waals surface area contributed by atoms with Crippen LogP contribution in [0.15, 0.2) is 36.7 Å². The Balaban J connectivity index is 0.000000771. The lowest BCUT2D eigenvalue weighted by atomic mass is 9.95. The summed E-state index contributed by atoms with van der Waals surface area (Å²) in [6.07, 6.45) is 4.22. The molecule has 2 aromatic rings. The molecule has 1 aromatic carbocycles. The Hall–Kier alpha value is -2.08. The number of hydrogen-bond donors (Lipinski definition) is 1. The molecule has 1 N–H and O–H groups in total. The first-order valence-corrected chi connectivity index (χ1v) is 6.27. The molecular formula is C15H19N3. The van der Waals surface area contributed by atoms with E-state index in [1.165, 1.54) is 5.56 Å². The van der Waals surface area contributed by atoms with Crippen LogP contribution >= 0.6 is 0 Å². The van der Waals surface area contributed by atoms with Crippen LogP contribution in [0.5, 0.6) is 0 Å². The van der Waals surface area contributed by atoms with Gasteiger partial charge in [0.2, 0.25) is 0 Å². The van der Waals surface area contributed by atoms with Gasteiger partial charge >= 0.3 is 0 Å². The second-order valence-corrected chi connectivity index (χ2v) is 3.88. The number of hydrogen-bond acceptors (Lipinski definition) is 2. The normalized spacial score (nSPS) is 11.0. The molecule has 1 heterocycles. The van der Waals surface area contributed by atoms with E-state index in [2.05, 4.69) is 35.3 Å². The molecule has 94 valence electrons. The van der Waals surface area contributed by atoms with E-state index in [4.69, 9.17) is 5.26 Å². The summed E-state index contributed by atoms with van der Waals surface area (Å²) in [5.74, 6) is 0.275. The Morgan fingerprint density at radius 1 is 1.33 bits per heavy atom. The summed E-state index contributed by atoms with van der Waals surface area (Å²) in [7, 11) is 0. The third kappa shape index (κ3) is 3.46. The lowest BCUT2D eigenvalue weighted by Crippen LogP contribution is -1.92. The molecule has 0 amide bonds. The van der Waals surface area contributed by atoms with Crippen molar-refractivity contribution in [1.29, 1.82) is 5.26 Å².